The molecule has 5 heteroatoms. The largest absolute Gasteiger partial charge is 0.347 e. The Labute approximate surface area is 179 Å². The Hall–Kier alpha value is -2.79. The van der Waals surface area contributed by atoms with E-state index in [2.05, 4.69) is 65.1 Å². The highest BCUT2D eigenvalue weighted by atomic mass is 15.2. The molecule has 0 spiro atoms. The average molecular weight is 402 g/mol. The summed E-state index contributed by atoms with van der Waals surface area (Å²) in [5.41, 5.74) is 7.52. The van der Waals surface area contributed by atoms with Gasteiger partial charge in [-0.1, -0.05) is 24.3 Å². The predicted molar refractivity (Wildman–Crippen MR) is 122 cm³/mol. The summed E-state index contributed by atoms with van der Waals surface area (Å²) in [5, 5.41) is 0. The van der Waals surface area contributed by atoms with E-state index in [1.807, 2.05) is 31.4 Å². The normalized spacial score (nSPS) is 16.7. The highest BCUT2D eigenvalue weighted by Crippen LogP contribution is 2.33. The topological polar surface area (TPSA) is 45.2 Å². The van der Waals surface area contributed by atoms with Crippen molar-refractivity contribution in [2.75, 3.05) is 25.5 Å². The number of hydrogen-bond acceptors (Lipinski definition) is 5. The summed E-state index contributed by atoms with van der Waals surface area (Å²) in [4.78, 5) is 18.3. The third-order valence-corrected chi connectivity index (χ3v) is 5.87. The van der Waals surface area contributed by atoms with E-state index in [1.54, 1.807) is 0 Å². The first-order valence-electron chi connectivity index (χ1n) is 10.7. The average Bonchev–Trinajstić information content (AvgIpc) is 3.18. The second-order valence-electron chi connectivity index (χ2n) is 8.56. The van der Waals surface area contributed by atoms with Gasteiger partial charge in [-0.3, -0.25) is 9.88 Å². The molecule has 2 aromatic heterocycles. The lowest BCUT2D eigenvalue weighted by Crippen LogP contribution is -2.24. The van der Waals surface area contributed by atoms with Gasteiger partial charge in [0.15, 0.2) is 0 Å². The van der Waals surface area contributed by atoms with Gasteiger partial charge >= 0.3 is 0 Å². The summed E-state index contributed by atoms with van der Waals surface area (Å²) in [5.74, 6) is 0.748. The highest BCUT2D eigenvalue weighted by Gasteiger charge is 2.27. The van der Waals surface area contributed by atoms with Gasteiger partial charge in [0, 0.05) is 44.3 Å². The minimum absolute atomic E-state index is 0.356. The SMILES string of the molecule is Cc1cc(Cc2ccccc2C)cc([C@H]2CCCN2Cc2cnc(N(C)C)nc2)n1. The Bertz CT molecular complexity index is 997. The first kappa shape index (κ1) is 20.5. The van der Waals surface area contributed by atoms with E-state index in [9.17, 15) is 0 Å². The molecule has 0 saturated carbocycles. The monoisotopic (exact) mass is 401 g/mol. The second kappa shape index (κ2) is 8.92. The van der Waals surface area contributed by atoms with Crippen LogP contribution in [-0.4, -0.2) is 40.5 Å². The maximum Gasteiger partial charge on any atom is 0.224 e. The van der Waals surface area contributed by atoms with Gasteiger partial charge in [-0.2, -0.15) is 0 Å². The number of nitrogens with zero attached hydrogens (tertiary/aromatic N) is 5. The Morgan fingerprint density at radius 1 is 1.03 bits per heavy atom. The van der Waals surface area contributed by atoms with Crippen LogP contribution >= 0.6 is 0 Å². The molecule has 3 heterocycles. The number of pyridine rings is 1. The molecular weight excluding hydrogens is 370 g/mol. The van der Waals surface area contributed by atoms with Gasteiger partial charge in [0.05, 0.1) is 11.7 Å². The zero-order valence-corrected chi connectivity index (χ0v) is 18.5. The van der Waals surface area contributed by atoms with Crippen molar-refractivity contribution in [3.63, 3.8) is 0 Å². The van der Waals surface area contributed by atoms with Crippen LogP contribution in [0.15, 0.2) is 48.8 Å². The lowest BCUT2D eigenvalue weighted by atomic mass is 9.98. The first-order valence-corrected chi connectivity index (χ1v) is 10.7. The van der Waals surface area contributed by atoms with Crippen LogP contribution < -0.4 is 4.90 Å². The second-order valence-corrected chi connectivity index (χ2v) is 8.56. The van der Waals surface area contributed by atoms with Crippen LogP contribution in [0.4, 0.5) is 5.95 Å². The molecule has 1 aromatic carbocycles. The third kappa shape index (κ3) is 4.68. The van der Waals surface area contributed by atoms with Crippen molar-refractivity contribution >= 4 is 5.95 Å². The van der Waals surface area contributed by atoms with Gasteiger partial charge in [0.1, 0.15) is 0 Å². The van der Waals surface area contributed by atoms with Gasteiger partial charge in [-0.05, 0) is 68.5 Å². The van der Waals surface area contributed by atoms with Crippen molar-refractivity contribution in [1.82, 2.24) is 19.9 Å². The number of likely N-dealkylation sites (tertiary alicyclic amines) is 1. The maximum atomic E-state index is 4.93. The molecule has 1 aliphatic rings. The van der Waals surface area contributed by atoms with Gasteiger partial charge < -0.3 is 4.90 Å². The summed E-state index contributed by atoms with van der Waals surface area (Å²) >= 11 is 0. The summed E-state index contributed by atoms with van der Waals surface area (Å²) in [6, 6.07) is 13.5. The quantitative estimate of drug-likeness (QED) is 0.609. The van der Waals surface area contributed by atoms with E-state index in [4.69, 9.17) is 4.98 Å². The number of anilines is 1. The molecule has 4 rings (SSSR count). The van der Waals surface area contributed by atoms with E-state index in [0.29, 0.717) is 6.04 Å². The number of aromatic nitrogens is 3. The minimum atomic E-state index is 0.356. The Morgan fingerprint density at radius 3 is 2.53 bits per heavy atom. The molecule has 30 heavy (non-hydrogen) atoms. The molecule has 1 aliphatic heterocycles. The summed E-state index contributed by atoms with van der Waals surface area (Å²) in [6.07, 6.45) is 7.20. The van der Waals surface area contributed by atoms with Crippen LogP contribution in [-0.2, 0) is 13.0 Å². The van der Waals surface area contributed by atoms with Crippen molar-refractivity contribution in [3.8, 4) is 0 Å². The molecule has 3 aromatic rings. The fourth-order valence-corrected chi connectivity index (χ4v) is 4.31. The minimum Gasteiger partial charge on any atom is -0.347 e. The molecule has 0 N–H and O–H groups in total. The number of aryl methyl sites for hydroxylation is 2. The van der Waals surface area contributed by atoms with Crippen molar-refractivity contribution in [3.05, 3.63) is 82.4 Å². The molecule has 5 nitrogen and oxygen atoms in total. The van der Waals surface area contributed by atoms with Gasteiger partial charge in [-0.25, -0.2) is 9.97 Å². The van der Waals surface area contributed by atoms with E-state index < -0.39 is 0 Å². The fraction of sp³-hybridized carbons (Fsp3) is 0.400. The molecule has 0 bridgehead atoms. The first-order chi connectivity index (χ1) is 14.5. The van der Waals surface area contributed by atoms with Crippen molar-refractivity contribution in [1.29, 1.82) is 0 Å². The van der Waals surface area contributed by atoms with Crippen LogP contribution in [0.2, 0.25) is 0 Å². The molecule has 156 valence electrons. The Balaban J connectivity index is 1.53. The molecule has 0 aliphatic carbocycles. The summed E-state index contributed by atoms with van der Waals surface area (Å²) in [7, 11) is 3.92. The van der Waals surface area contributed by atoms with Crippen LogP contribution in [0.3, 0.4) is 0 Å². The highest BCUT2D eigenvalue weighted by molar-refractivity contribution is 5.34. The number of rotatable bonds is 6. The van der Waals surface area contributed by atoms with Crippen molar-refractivity contribution in [2.45, 2.75) is 45.7 Å². The Morgan fingerprint density at radius 2 is 1.80 bits per heavy atom. The fourth-order valence-electron chi connectivity index (χ4n) is 4.31. The molecule has 1 fully saturated rings. The lowest BCUT2D eigenvalue weighted by Gasteiger charge is -2.25. The van der Waals surface area contributed by atoms with Gasteiger partial charge in [-0.15, -0.1) is 0 Å². The van der Waals surface area contributed by atoms with E-state index in [1.165, 1.54) is 28.8 Å². The third-order valence-electron chi connectivity index (χ3n) is 5.87. The van der Waals surface area contributed by atoms with Gasteiger partial charge in [0.2, 0.25) is 5.95 Å². The zero-order chi connectivity index (χ0) is 21.1. The van der Waals surface area contributed by atoms with E-state index in [-0.39, 0.29) is 0 Å². The van der Waals surface area contributed by atoms with Crippen LogP contribution in [0.25, 0.3) is 0 Å². The van der Waals surface area contributed by atoms with Crippen LogP contribution in [0, 0.1) is 13.8 Å². The van der Waals surface area contributed by atoms with Crippen LogP contribution in [0.5, 0.6) is 0 Å². The molecule has 0 unspecified atom stereocenters. The zero-order valence-electron chi connectivity index (χ0n) is 18.5. The smallest absolute Gasteiger partial charge is 0.224 e. The van der Waals surface area contributed by atoms with E-state index >= 15 is 0 Å². The molecule has 1 saturated heterocycles. The van der Waals surface area contributed by atoms with Crippen molar-refractivity contribution in [2.24, 2.45) is 0 Å². The van der Waals surface area contributed by atoms with Gasteiger partial charge in [0.25, 0.3) is 0 Å². The molecule has 0 amide bonds. The number of benzene rings is 1. The maximum absolute atomic E-state index is 4.93. The van der Waals surface area contributed by atoms with Crippen LogP contribution in [0.1, 0.15) is 52.5 Å². The molecule has 0 radical (unpaired) electrons. The number of hydrogen-bond donors (Lipinski definition) is 0. The van der Waals surface area contributed by atoms with E-state index in [0.717, 1.165) is 43.1 Å². The standard InChI is InChI=1S/C25H31N5/c1-18-8-5-6-9-22(18)13-20-12-19(2)28-23(14-20)24-10-7-11-30(24)17-21-15-26-25(27-16-21)29(3)4/h5-6,8-9,12,14-16,24H,7,10-11,13,17H2,1-4H3/t24-/m1/s1. The molecule has 1 atom stereocenters. The Kier molecular flexibility index (Phi) is 6.09. The summed E-state index contributed by atoms with van der Waals surface area (Å²) in [6.45, 7) is 6.24. The lowest BCUT2D eigenvalue weighted by molar-refractivity contribution is 0.243. The predicted octanol–water partition coefficient (Wildman–Crippen LogP) is 4.48. The molecular formula is C25H31N5. The summed E-state index contributed by atoms with van der Waals surface area (Å²) < 4.78 is 0. The van der Waals surface area contributed by atoms with Crippen molar-refractivity contribution < 1.29 is 0 Å².